The van der Waals surface area contributed by atoms with Crippen molar-refractivity contribution in [1.82, 2.24) is 9.99 Å². The average molecular weight is 532 g/mol. The lowest BCUT2D eigenvalue weighted by Crippen LogP contribution is -2.35. The minimum absolute atomic E-state index is 0.0591. The Kier molecular flexibility index (Phi) is 6.85. The van der Waals surface area contributed by atoms with Crippen LogP contribution in [0.4, 0.5) is 0 Å². The molecule has 0 fully saturated rings. The van der Waals surface area contributed by atoms with Crippen LogP contribution in [0.15, 0.2) is 82.7 Å². The van der Waals surface area contributed by atoms with Gasteiger partial charge in [0, 0.05) is 18.0 Å². The van der Waals surface area contributed by atoms with Crippen LogP contribution in [0.5, 0.6) is 11.5 Å². The number of carbonyl (C=O) groups excluding carboxylic acids is 2. The fraction of sp³-hybridized carbons (Fsp3) is 0.0769. The van der Waals surface area contributed by atoms with E-state index in [0.29, 0.717) is 28.1 Å². The van der Waals surface area contributed by atoms with E-state index in [2.05, 4.69) is 15.1 Å². The number of ether oxygens (including phenoxy) is 2. The number of benzene rings is 2. The molecule has 0 atom stereocenters. The first kappa shape index (κ1) is 24.4. The maximum atomic E-state index is 12.8. The zero-order valence-electron chi connectivity index (χ0n) is 19.3. The molecule has 0 spiro atoms. The molecule has 2 aliphatic rings. The van der Waals surface area contributed by atoms with Gasteiger partial charge in [0.2, 0.25) is 5.17 Å². The van der Waals surface area contributed by atoms with Gasteiger partial charge in [0.25, 0.3) is 5.91 Å². The largest absolute Gasteiger partial charge is 0.490 e. The third kappa shape index (κ3) is 5.02. The molecule has 11 heteroatoms. The first-order chi connectivity index (χ1) is 17.9. The number of halogens is 1. The van der Waals surface area contributed by atoms with Gasteiger partial charge in [-0.2, -0.15) is 15.1 Å². The molecule has 184 valence electrons. The van der Waals surface area contributed by atoms with E-state index in [0.717, 1.165) is 5.56 Å². The molecule has 3 aromatic rings. The van der Waals surface area contributed by atoms with E-state index in [-0.39, 0.29) is 27.7 Å². The maximum absolute atomic E-state index is 12.8. The van der Waals surface area contributed by atoms with Crippen LogP contribution >= 0.6 is 23.4 Å². The molecule has 2 aromatic carbocycles. The van der Waals surface area contributed by atoms with Gasteiger partial charge in [-0.25, -0.2) is 4.79 Å². The van der Waals surface area contributed by atoms with Gasteiger partial charge in [0.1, 0.15) is 5.04 Å². The molecule has 2 aliphatic heterocycles. The van der Waals surface area contributed by atoms with E-state index in [4.69, 9.17) is 26.5 Å². The van der Waals surface area contributed by atoms with Crippen LogP contribution in [0.1, 0.15) is 28.4 Å². The van der Waals surface area contributed by atoms with Gasteiger partial charge in [0.15, 0.2) is 17.3 Å². The lowest BCUT2D eigenvalue weighted by atomic mass is 10.1. The van der Waals surface area contributed by atoms with Gasteiger partial charge in [0.05, 0.1) is 22.8 Å². The number of amidine groups is 2. The summed E-state index contributed by atoms with van der Waals surface area (Å²) in [5.41, 5.74) is 1.60. The first-order valence-corrected chi connectivity index (χ1v) is 12.3. The van der Waals surface area contributed by atoms with Crippen LogP contribution in [0, 0.1) is 5.41 Å². The molecule has 3 heterocycles. The van der Waals surface area contributed by atoms with Crippen molar-refractivity contribution in [2.24, 2.45) is 10.1 Å². The number of nitrogens with one attached hydrogen (secondary N) is 1. The highest BCUT2D eigenvalue weighted by Crippen LogP contribution is 2.33. The van der Waals surface area contributed by atoms with E-state index in [1.165, 1.54) is 22.8 Å². The Labute approximate surface area is 221 Å². The molecular weight excluding hydrogens is 514 g/mol. The second-order valence-corrected chi connectivity index (χ2v) is 9.04. The number of nitrogens with zero attached hydrogens (tertiary/aromatic N) is 4. The monoisotopic (exact) mass is 531 g/mol. The molecule has 0 aliphatic carbocycles. The van der Waals surface area contributed by atoms with Crippen molar-refractivity contribution in [3.8, 4) is 11.5 Å². The number of hydrogen-bond donors (Lipinski definition) is 1. The third-order valence-electron chi connectivity index (χ3n) is 5.24. The number of rotatable bonds is 6. The number of fused-ring (bicyclic) bond motifs is 1. The normalized spacial score (nSPS) is 15.8. The van der Waals surface area contributed by atoms with Crippen molar-refractivity contribution in [2.75, 3.05) is 6.61 Å². The molecule has 37 heavy (non-hydrogen) atoms. The summed E-state index contributed by atoms with van der Waals surface area (Å²) in [7, 11) is 0. The molecule has 5 rings (SSSR count). The Balaban J connectivity index is 1.42. The van der Waals surface area contributed by atoms with E-state index >= 15 is 0 Å². The summed E-state index contributed by atoms with van der Waals surface area (Å²) < 4.78 is 11.2. The van der Waals surface area contributed by atoms with Crippen LogP contribution in [0.2, 0.25) is 5.02 Å². The zero-order chi connectivity index (χ0) is 25.9. The van der Waals surface area contributed by atoms with E-state index in [1.807, 2.05) is 6.07 Å². The molecule has 0 radical (unpaired) electrons. The fourth-order valence-corrected chi connectivity index (χ4v) is 4.61. The Morgan fingerprint density at radius 3 is 2.76 bits per heavy atom. The van der Waals surface area contributed by atoms with Gasteiger partial charge < -0.3 is 9.47 Å². The molecule has 0 saturated heterocycles. The highest BCUT2D eigenvalue weighted by Gasteiger charge is 2.36. The number of aliphatic imine (C=N–C) groups is 1. The van der Waals surface area contributed by atoms with Gasteiger partial charge in [-0.05, 0) is 66.7 Å². The Bertz CT molecular complexity index is 1520. The number of pyridine rings is 1. The standard InChI is InChI=1S/C26H18ClN5O4S/c1-2-35-21-13-15(9-10-20(21)36-25(34)17-7-3-4-8-19(17)27)12-18-22(28)32-26(30-23(18)33)37-24(31-32)16-6-5-11-29-14-16/h3-14,28H,2H2,1H3. The summed E-state index contributed by atoms with van der Waals surface area (Å²) in [6, 6.07) is 15.0. The number of esters is 1. The summed E-state index contributed by atoms with van der Waals surface area (Å²) in [6.07, 6.45) is 4.83. The molecule has 0 saturated carbocycles. The molecule has 1 amide bonds. The number of hydrazone groups is 1. The van der Waals surface area contributed by atoms with Crippen LogP contribution in [0.25, 0.3) is 6.08 Å². The fourth-order valence-electron chi connectivity index (χ4n) is 3.51. The van der Waals surface area contributed by atoms with Crippen molar-refractivity contribution in [3.63, 3.8) is 0 Å². The number of carbonyl (C=O) groups is 2. The average Bonchev–Trinajstić information content (AvgIpc) is 3.33. The van der Waals surface area contributed by atoms with Crippen molar-refractivity contribution < 1.29 is 19.1 Å². The number of amides is 1. The Hall–Kier alpha value is -4.28. The quantitative estimate of drug-likeness (QED) is 0.269. The number of hydrogen-bond acceptors (Lipinski definition) is 8. The first-order valence-electron chi connectivity index (χ1n) is 11.1. The molecule has 1 aromatic heterocycles. The van der Waals surface area contributed by atoms with Crippen LogP contribution in [0.3, 0.4) is 0 Å². The van der Waals surface area contributed by atoms with Gasteiger partial charge in [-0.15, -0.1) is 0 Å². The lowest BCUT2D eigenvalue weighted by Gasteiger charge is -2.20. The topological polar surface area (TPSA) is 117 Å². The van der Waals surface area contributed by atoms with E-state index in [1.54, 1.807) is 67.8 Å². The van der Waals surface area contributed by atoms with E-state index in [9.17, 15) is 9.59 Å². The van der Waals surface area contributed by atoms with Gasteiger partial charge in [-0.3, -0.25) is 15.2 Å². The lowest BCUT2D eigenvalue weighted by molar-refractivity contribution is -0.114. The number of thioether (sulfide) groups is 1. The predicted octanol–water partition coefficient (Wildman–Crippen LogP) is 5.02. The molecule has 0 unspecified atom stereocenters. The minimum atomic E-state index is -0.627. The van der Waals surface area contributed by atoms with Crippen molar-refractivity contribution in [2.45, 2.75) is 6.92 Å². The summed E-state index contributed by atoms with van der Waals surface area (Å²) in [4.78, 5) is 33.6. The van der Waals surface area contributed by atoms with E-state index < -0.39 is 11.9 Å². The summed E-state index contributed by atoms with van der Waals surface area (Å²) in [5.74, 6) is -0.796. The third-order valence-corrected chi connectivity index (χ3v) is 6.53. The van der Waals surface area contributed by atoms with Crippen LogP contribution in [-0.2, 0) is 4.79 Å². The van der Waals surface area contributed by atoms with Crippen LogP contribution in [-0.4, -0.2) is 44.5 Å². The number of aromatic nitrogens is 1. The van der Waals surface area contributed by atoms with Crippen molar-refractivity contribution in [1.29, 1.82) is 5.41 Å². The summed E-state index contributed by atoms with van der Waals surface area (Å²) >= 11 is 7.31. The molecular formula is C26H18ClN5O4S. The van der Waals surface area contributed by atoms with Gasteiger partial charge >= 0.3 is 5.97 Å². The zero-order valence-corrected chi connectivity index (χ0v) is 20.9. The Morgan fingerprint density at radius 1 is 1.16 bits per heavy atom. The SMILES string of the molecule is CCOc1cc(C=C2C(=N)N3N=C(c4cccnc4)SC3=NC2=O)ccc1OC(=O)c1ccccc1Cl. The summed E-state index contributed by atoms with van der Waals surface area (Å²) in [5, 5.41) is 15.5. The summed E-state index contributed by atoms with van der Waals surface area (Å²) in [6.45, 7) is 2.11. The molecule has 9 nitrogen and oxygen atoms in total. The maximum Gasteiger partial charge on any atom is 0.345 e. The van der Waals surface area contributed by atoms with Gasteiger partial charge in [-0.1, -0.05) is 29.8 Å². The molecule has 0 bridgehead atoms. The van der Waals surface area contributed by atoms with Crippen LogP contribution < -0.4 is 9.47 Å². The Morgan fingerprint density at radius 2 is 2.00 bits per heavy atom. The molecule has 1 N–H and O–H groups in total. The highest BCUT2D eigenvalue weighted by molar-refractivity contribution is 8.27. The second-order valence-electron chi connectivity index (χ2n) is 7.68. The predicted molar refractivity (Wildman–Crippen MR) is 142 cm³/mol. The van der Waals surface area contributed by atoms with Crippen molar-refractivity contribution >= 4 is 57.4 Å². The highest BCUT2D eigenvalue weighted by atomic mass is 35.5. The minimum Gasteiger partial charge on any atom is -0.490 e. The van der Waals surface area contributed by atoms with Crippen molar-refractivity contribution in [3.05, 3.63) is 94.3 Å². The smallest absolute Gasteiger partial charge is 0.345 e. The second kappa shape index (κ2) is 10.4.